The van der Waals surface area contributed by atoms with Crippen molar-refractivity contribution in [2.75, 3.05) is 0 Å². The molecule has 0 aromatic carbocycles. The van der Waals surface area contributed by atoms with Gasteiger partial charge in [0.15, 0.2) is 16.7 Å². The van der Waals surface area contributed by atoms with Gasteiger partial charge < -0.3 is 4.57 Å². The molecule has 0 saturated heterocycles. The topological polar surface area (TPSA) is 82.3 Å². The molecule has 4 aromatic heterocycles. The highest BCUT2D eigenvalue weighted by Crippen LogP contribution is 2.21. The summed E-state index contributed by atoms with van der Waals surface area (Å²) in [7, 11) is 0. The first-order valence-electron chi connectivity index (χ1n) is 6.89. The molecule has 7 nitrogen and oxygen atoms in total. The highest BCUT2D eigenvalue weighted by atomic mass is 32.1. The van der Waals surface area contributed by atoms with Gasteiger partial charge in [0.05, 0.1) is 18.4 Å². The molecule has 4 heterocycles. The predicted molar refractivity (Wildman–Crippen MR) is 85.5 cm³/mol. The summed E-state index contributed by atoms with van der Waals surface area (Å²) < 4.78 is 1.99. The molecule has 0 aliphatic heterocycles. The Labute approximate surface area is 135 Å². The predicted octanol–water partition coefficient (Wildman–Crippen LogP) is 2.30. The fourth-order valence-electron chi connectivity index (χ4n) is 2.15. The molecular weight excluding hydrogens is 310 g/mol. The Morgan fingerprint density at radius 3 is 2.70 bits per heavy atom. The number of nitrogens with zero attached hydrogens (tertiary/aromatic N) is 7. The van der Waals surface area contributed by atoms with E-state index >= 15 is 0 Å². The maximum atomic E-state index is 4.60. The molecule has 4 rings (SSSR count). The van der Waals surface area contributed by atoms with Crippen LogP contribution in [-0.2, 0) is 6.54 Å². The van der Waals surface area contributed by atoms with Crippen LogP contribution in [0.25, 0.3) is 22.4 Å². The second-order valence-electron chi connectivity index (χ2n) is 4.69. The van der Waals surface area contributed by atoms with Crippen LogP contribution in [-0.4, -0.2) is 34.5 Å². The molecule has 0 unspecified atom stereocenters. The van der Waals surface area contributed by atoms with Crippen LogP contribution in [0.4, 0.5) is 0 Å². The molecule has 0 aliphatic carbocycles. The zero-order chi connectivity index (χ0) is 15.5. The maximum absolute atomic E-state index is 4.60. The molecule has 4 aromatic rings. The van der Waals surface area contributed by atoms with Gasteiger partial charge in [-0.15, -0.1) is 11.3 Å². The minimum atomic E-state index is 0.606. The standard InChI is InChI=1S/C15H11N7S/c1-2-18-13(19-3-1)15-21-11(10-23-15)9-22-7-6-20-14(22)12-8-16-4-5-17-12/h1-8,10H,9H2. The lowest BCUT2D eigenvalue weighted by molar-refractivity contribution is 0.784. The second kappa shape index (κ2) is 6.01. The van der Waals surface area contributed by atoms with Gasteiger partial charge in [0.25, 0.3) is 0 Å². The van der Waals surface area contributed by atoms with Gasteiger partial charge in [-0.05, 0) is 6.07 Å². The number of imidazole rings is 1. The van der Waals surface area contributed by atoms with E-state index in [0.29, 0.717) is 12.4 Å². The monoisotopic (exact) mass is 321 g/mol. The summed E-state index contributed by atoms with van der Waals surface area (Å²) in [6, 6.07) is 1.79. The molecule has 0 amide bonds. The molecule has 0 radical (unpaired) electrons. The van der Waals surface area contributed by atoms with Gasteiger partial charge in [-0.1, -0.05) is 0 Å². The lowest BCUT2D eigenvalue weighted by atomic mass is 10.4. The fourth-order valence-corrected chi connectivity index (χ4v) is 2.91. The van der Waals surface area contributed by atoms with Gasteiger partial charge in [-0.25, -0.2) is 24.9 Å². The molecule has 0 saturated carbocycles. The van der Waals surface area contributed by atoms with Crippen LogP contribution in [0, 0.1) is 0 Å². The van der Waals surface area contributed by atoms with E-state index in [4.69, 9.17) is 0 Å². The average Bonchev–Trinajstić information content (AvgIpc) is 3.26. The number of hydrogen-bond acceptors (Lipinski definition) is 7. The van der Waals surface area contributed by atoms with Crippen molar-refractivity contribution in [3.63, 3.8) is 0 Å². The number of hydrogen-bond donors (Lipinski definition) is 0. The summed E-state index contributed by atoms with van der Waals surface area (Å²) in [6.45, 7) is 0.606. The van der Waals surface area contributed by atoms with E-state index in [1.807, 2.05) is 16.1 Å². The van der Waals surface area contributed by atoms with E-state index in [1.54, 1.807) is 43.2 Å². The van der Waals surface area contributed by atoms with E-state index in [0.717, 1.165) is 22.2 Å². The third-order valence-corrected chi connectivity index (χ3v) is 4.04. The zero-order valence-electron chi connectivity index (χ0n) is 11.9. The highest BCUT2D eigenvalue weighted by Gasteiger charge is 2.11. The molecule has 0 spiro atoms. The van der Waals surface area contributed by atoms with Crippen LogP contribution in [0.15, 0.2) is 54.8 Å². The largest absolute Gasteiger partial charge is 0.324 e. The smallest absolute Gasteiger partial charge is 0.188 e. The van der Waals surface area contributed by atoms with E-state index < -0.39 is 0 Å². The minimum Gasteiger partial charge on any atom is -0.324 e. The van der Waals surface area contributed by atoms with Crippen LogP contribution in [0.3, 0.4) is 0 Å². The normalized spacial score (nSPS) is 10.8. The van der Waals surface area contributed by atoms with Crippen LogP contribution >= 0.6 is 11.3 Å². The Morgan fingerprint density at radius 1 is 0.957 bits per heavy atom. The Kier molecular flexibility index (Phi) is 3.57. The summed E-state index contributed by atoms with van der Waals surface area (Å²) >= 11 is 1.53. The Bertz CT molecular complexity index is 902. The molecule has 0 N–H and O–H groups in total. The average molecular weight is 321 g/mol. The summed E-state index contributed by atoms with van der Waals surface area (Å²) in [6.07, 6.45) is 12.1. The van der Waals surface area contributed by atoms with Crippen molar-refractivity contribution in [1.82, 2.24) is 34.5 Å². The van der Waals surface area contributed by atoms with Crippen molar-refractivity contribution in [3.8, 4) is 22.4 Å². The second-order valence-corrected chi connectivity index (χ2v) is 5.54. The molecule has 8 heteroatoms. The van der Waals surface area contributed by atoms with Gasteiger partial charge in [-0.3, -0.25) is 4.98 Å². The third kappa shape index (κ3) is 2.84. The van der Waals surface area contributed by atoms with Crippen molar-refractivity contribution in [3.05, 3.63) is 60.5 Å². The van der Waals surface area contributed by atoms with Crippen molar-refractivity contribution >= 4 is 11.3 Å². The van der Waals surface area contributed by atoms with Crippen LogP contribution < -0.4 is 0 Å². The summed E-state index contributed by atoms with van der Waals surface area (Å²) in [5, 5.41) is 2.81. The summed E-state index contributed by atoms with van der Waals surface area (Å²) in [5.41, 5.74) is 1.67. The highest BCUT2D eigenvalue weighted by molar-refractivity contribution is 7.13. The number of aromatic nitrogens is 7. The molecule has 0 bridgehead atoms. The van der Waals surface area contributed by atoms with E-state index in [2.05, 4.69) is 29.9 Å². The molecule has 0 aliphatic rings. The summed E-state index contributed by atoms with van der Waals surface area (Å²) in [5.74, 6) is 1.41. The zero-order valence-corrected chi connectivity index (χ0v) is 12.8. The van der Waals surface area contributed by atoms with Crippen molar-refractivity contribution < 1.29 is 0 Å². The molecular formula is C15H11N7S. The van der Waals surface area contributed by atoms with Crippen molar-refractivity contribution in [2.45, 2.75) is 6.54 Å². The molecule has 23 heavy (non-hydrogen) atoms. The Morgan fingerprint density at radius 2 is 1.87 bits per heavy atom. The van der Waals surface area contributed by atoms with E-state index in [9.17, 15) is 0 Å². The van der Waals surface area contributed by atoms with Crippen molar-refractivity contribution in [1.29, 1.82) is 0 Å². The van der Waals surface area contributed by atoms with Gasteiger partial charge in [0.2, 0.25) is 0 Å². The first-order chi connectivity index (χ1) is 11.4. The van der Waals surface area contributed by atoms with E-state index in [-0.39, 0.29) is 0 Å². The Balaban J connectivity index is 1.61. The van der Waals surface area contributed by atoms with Gasteiger partial charge in [-0.2, -0.15) is 0 Å². The first-order valence-corrected chi connectivity index (χ1v) is 7.77. The van der Waals surface area contributed by atoms with Gasteiger partial charge in [0, 0.05) is 42.6 Å². The lowest BCUT2D eigenvalue weighted by Crippen LogP contribution is -2.02. The van der Waals surface area contributed by atoms with Crippen LogP contribution in [0.1, 0.15) is 5.69 Å². The maximum Gasteiger partial charge on any atom is 0.188 e. The molecule has 0 fully saturated rings. The third-order valence-electron chi connectivity index (χ3n) is 3.15. The van der Waals surface area contributed by atoms with Gasteiger partial charge >= 0.3 is 0 Å². The lowest BCUT2D eigenvalue weighted by Gasteiger charge is -2.04. The quantitative estimate of drug-likeness (QED) is 0.573. The van der Waals surface area contributed by atoms with Crippen LogP contribution in [0.5, 0.6) is 0 Å². The first kappa shape index (κ1) is 13.6. The number of rotatable bonds is 4. The number of thiazole rings is 1. The summed E-state index contributed by atoms with van der Waals surface area (Å²) in [4.78, 5) is 25.8. The molecule has 112 valence electrons. The van der Waals surface area contributed by atoms with E-state index in [1.165, 1.54) is 11.3 Å². The van der Waals surface area contributed by atoms with Crippen molar-refractivity contribution in [2.24, 2.45) is 0 Å². The Hall–Kier alpha value is -3.00. The fraction of sp³-hybridized carbons (Fsp3) is 0.0667. The molecule has 0 atom stereocenters. The van der Waals surface area contributed by atoms with Gasteiger partial charge in [0.1, 0.15) is 5.69 Å². The minimum absolute atomic E-state index is 0.606. The SMILES string of the molecule is c1cnc(-c2nc(Cn3ccnc3-c3cnccn3)cs2)nc1. The van der Waals surface area contributed by atoms with Crippen LogP contribution in [0.2, 0.25) is 0 Å².